The van der Waals surface area contributed by atoms with Crippen molar-refractivity contribution in [1.82, 2.24) is 0 Å². The number of hydrogen-bond donors (Lipinski definition) is 0. The van der Waals surface area contributed by atoms with Gasteiger partial charge in [0, 0.05) is 0 Å². The van der Waals surface area contributed by atoms with Crippen molar-refractivity contribution in [2.24, 2.45) is 51.8 Å². The van der Waals surface area contributed by atoms with Gasteiger partial charge in [-0.3, -0.25) is 0 Å². The molecule has 0 amide bonds. The molecule has 422 valence electrons. The normalized spacial score (nSPS) is 27.7. The van der Waals surface area contributed by atoms with E-state index in [0.29, 0.717) is 16.2 Å². The van der Waals surface area contributed by atoms with Gasteiger partial charge in [-0.15, -0.1) is 0 Å². The standard InChI is InChI=1S/C15H26.2C15H24.3C10H16/c1-11(2)6-5-9-15(4)13-8-7-12(3)14(15)10-13;1-13-7-5-8-14(2)10-12-15(3,4)11-6-9-13;1-6-14(4)10-8-12-15(5)11-7-9-13(2)3;1-7-4-5-8-6-9(7)10(8,2)3;1-8(2)10-6-4-9(3)5-7-10;1-5-10(4)8-6-7-9(2)3/h6,12-14H,5,7-10H2,1-4H3;6-7,10-11H,5,8-9,12H2,1-4H3;6,9-10,12H,1,7-8,11H2,2-5H3;4,8-9H,5-6H2,1-3H3;4,10H,1,5-7H2,2-3H3;5,7H,1,4,6,8H2,2-3H3/b;11-6-,13-7+,14-10-;14-10+,15-12+;;;. The number of allylic oxidation sites excluding steroid dienone is 24. The molecule has 0 nitrogen and oxygen atoms in total. The van der Waals surface area contributed by atoms with Gasteiger partial charge in [-0.05, 0) is 257 Å². The van der Waals surface area contributed by atoms with E-state index in [4.69, 9.17) is 0 Å². The van der Waals surface area contributed by atoms with E-state index in [1.54, 1.807) is 11.1 Å². The van der Waals surface area contributed by atoms with E-state index in [0.717, 1.165) is 79.6 Å². The molecule has 7 atom stereocenters. The number of rotatable bonds is 14. The minimum absolute atomic E-state index is 0.311. The molecule has 0 saturated heterocycles. The highest BCUT2D eigenvalue weighted by Crippen LogP contribution is 2.63. The van der Waals surface area contributed by atoms with Crippen molar-refractivity contribution >= 4 is 0 Å². The SMILES string of the molecule is C/C1=C/CC(C)(C)/C=C\C/C(C)=C/CC1.C=C(C)C1CC=C(C)CC1.C=C/C(C)=C/C/C=C(\C)CCC=C(C)C.C=CC(=C)CCC=C(C)C.CC(C)=CCCC1(C)C2CCC(C)C1C2.CC1=CCC2CC1C2(C)C. The van der Waals surface area contributed by atoms with Gasteiger partial charge in [0.15, 0.2) is 0 Å². The van der Waals surface area contributed by atoms with Crippen LogP contribution in [0.25, 0.3) is 0 Å². The van der Waals surface area contributed by atoms with Gasteiger partial charge < -0.3 is 0 Å². The van der Waals surface area contributed by atoms with Crippen molar-refractivity contribution in [2.45, 2.75) is 254 Å². The lowest BCUT2D eigenvalue weighted by atomic mass is 9.44. The van der Waals surface area contributed by atoms with Crippen LogP contribution in [0.15, 0.2) is 167 Å². The van der Waals surface area contributed by atoms with Crippen molar-refractivity contribution in [3.05, 3.63) is 167 Å². The van der Waals surface area contributed by atoms with Crippen LogP contribution in [0.2, 0.25) is 0 Å². The van der Waals surface area contributed by atoms with Crippen molar-refractivity contribution in [3.8, 4) is 0 Å². The van der Waals surface area contributed by atoms with Crippen molar-refractivity contribution < 1.29 is 0 Å². The molecule has 0 spiro atoms. The van der Waals surface area contributed by atoms with Crippen LogP contribution < -0.4 is 0 Å². The quantitative estimate of drug-likeness (QED) is 0.120. The second kappa shape index (κ2) is 35.7. The lowest BCUT2D eigenvalue weighted by Crippen LogP contribution is -2.53. The summed E-state index contributed by atoms with van der Waals surface area (Å²) in [6, 6.07) is 0. The first-order chi connectivity index (χ1) is 35.1. The molecule has 8 rings (SSSR count). The van der Waals surface area contributed by atoms with E-state index in [1.807, 2.05) is 12.2 Å². The second-order valence-corrected chi connectivity index (χ2v) is 26.7. The first kappa shape index (κ1) is 69.4. The van der Waals surface area contributed by atoms with Crippen LogP contribution in [0.1, 0.15) is 254 Å². The molecule has 4 fully saturated rings. The first-order valence-electron chi connectivity index (χ1n) is 30.2. The van der Waals surface area contributed by atoms with E-state index in [2.05, 4.69) is 225 Å². The lowest BCUT2D eigenvalue weighted by molar-refractivity contribution is -0.117. The Kier molecular flexibility index (Phi) is 33.0. The fraction of sp³-hybridized carbons (Fsp3) is 0.627. The summed E-state index contributed by atoms with van der Waals surface area (Å²) >= 11 is 0. The number of hydrogen-bond acceptors (Lipinski definition) is 0. The largest absolute Gasteiger partial charge is 0.0998 e. The Bertz CT molecular complexity index is 2080. The van der Waals surface area contributed by atoms with Gasteiger partial charge in [-0.2, -0.15) is 0 Å². The van der Waals surface area contributed by atoms with Gasteiger partial charge in [0.2, 0.25) is 0 Å². The monoisotopic (exact) mass is 1020 g/mol. The van der Waals surface area contributed by atoms with E-state index in [1.165, 1.54) is 128 Å². The molecule has 0 heteroatoms. The lowest BCUT2D eigenvalue weighted by Gasteiger charge is -2.61. The molecule has 8 aliphatic carbocycles. The first-order valence-corrected chi connectivity index (χ1v) is 30.2. The summed E-state index contributed by atoms with van der Waals surface area (Å²) in [5, 5.41) is 0. The van der Waals surface area contributed by atoms with E-state index >= 15 is 0 Å². The Morgan fingerprint density at radius 2 is 1.24 bits per heavy atom. The highest BCUT2D eigenvalue weighted by Gasteiger charge is 2.55. The maximum Gasteiger partial charge on any atom is -0.0140 e. The highest BCUT2D eigenvalue weighted by atomic mass is 14.6. The maximum atomic E-state index is 3.97. The van der Waals surface area contributed by atoms with Crippen molar-refractivity contribution in [3.63, 3.8) is 0 Å². The molecule has 4 saturated carbocycles. The fourth-order valence-electron chi connectivity index (χ4n) is 11.8. The third-order valence-electron chi connectivity index (χ3n) is 17.9. The summed E-state index contributed by atoms with van der Waals surface area (Å²) in [6.07, 6.45) is 53.5. The molecule has 0 heterocycles. The van der Waals surface area contributed by atoms with E-state index in [-0.39, 0.29) is 0 Å². The summed E-state index contributed by atoms with van der Waals surface area (Å²) in [5.41, 5.74) is 17.3. The van der Waals surface area contributed by atoms with Crippen molar-refractivity contribution in [2.75, 3.05) is 0 Å². The van der Waals surface area contributed by atoms with Crippen LogP contribution >= 0.6 is 0 Å². The topological polar surface area (TPSA) is 0 Å². The summed E-state index contributed by atoms with van der Waals surface area (Å²) in [6.45, 7) is 58.0. The molecule has 0 aromatic carbocycles. The average Bonchev–Trinajstić information content (AvgIpc) is 3.36. The van der Waals surface area contributed by atoms with Crippen LogP contribution in [-0.2, 0) is 0 Å². The predicted octanol–water partition coefficient (Wildman–Crippen LogP) is 24.8. The summed E-state index contributed by atoms with van der Waals surface area (Å²) in [5.74, 6) is 5.79. The van der Waals surface area contributed by atoms with Crippen LogP contribution in [0.4, 0.5) is 0 Å². The number of fused-ring (bicyclic) bond motifs is 3. The van der Waals surface area contributed by atoms with Gasteiger partial charge in [-0.25, -0.2) is 0 Å². The fourth-order valence-corrected chi connectivity index (χ4v) is 11.8. The Balaban J connectivity index is 0.000000454. The molecule has 8 aliphatic rings. The third kappa shape index (κ3) is 28.0. The summed E-state index contributed by atoms with van der Waals surface area (Å²) in [7, 11) is 0. The van der Waals surface area contributed by atoms with Gasteiger partial charge in [0.05, 0.1) is 0 Å². The second-order valence-electron chi connectivity index (χ2n) is 26.7. The molecule has 0 N–H and O–H groups in total. The Morgan fingerprint density at radius 3 is 1.73 bits per heavy atom. The Morgan fingerprint density at radius 1 is 0.627 bits per heavy atom. The molecule has 0 radical (unpaired) electrons. The molecule has 0 aromatic rings. The maximum absolute atomic E-state index is 3.97. The van der Waals surface area contributed by atoms with E-state index in [9.17, 15) is 0 Å². The Labute approximate surface area is 469 Å². The zero-order valence-electron chi connectivity index (χ0n) is 53.2. The van der Waals surface area contributed by atoms with Crippen LogP contribution in [0, 0.1) is 51.8 Å². The molecular weight excluding hydrogens is 901 g/mol. The highest BCUT2D eigenvalue weighted by molar-refractivity contribution is 5.21. The zero-order chi connectivity index (χ0) is 56.9. The summed E-state index contributed by atoms with van der Waals surface area (Å²) in [4.78, 5) is 0. The van der Waals surface area contributed by atoms with Gasteiger partial charge in [0.1, 0.15) is 0 Å². The predicted molar refractivity (Wildman–Crippen MR) is 344 cm³/mol. The van der Waals surface area contributed by atoms with Gasteiger partial charge in [-0.1, -0.05) is 215 Å². The molecule has 0 aliphatic heterocycles. The van der Waals surface area contributed by atoms with Crippen LogP contribution in [0.3, 0.4) is 0 Å². The zero-order valence-corrected chi connectivity index (χ0v) is 53.2. The minimum atomic E-state index is 0.311. The van der Waals surface area contributed by atoms with Gasteiger partial charge in [0.25, 0.3) is 0 Å². The van der Waals surface area contributed by atoms with Crippen molar-refractivity contribution in [1.29, 1.82) is 0 Å². The van der Waals surface area contributed by atoms with Crippen LogP contribution in [-0.4, -0.2) is 0 Å². The van der Waals surface area contributed by atoms with Gasteiger partial charge >= 0.3 is 0 Å². The molecule has 4 bridgehead atoms. The third-order valence-corrected chi connectivity index (χ3v) is 17.9. The molecular formula is C75H122. The molecule has 7 unspecified atom stereocenters. The minimum Gasteiger partial charge on any atom is -0.0998 e. The molecule has 0 aromatic heterocycles. The molecule has 75 heavy (non-hydrogen) atoms. The average molecular weight is 1020 g/mol. The Hall–Kier alpha value is -3.64. The van der Waals surface area contributed by atoms with E-state index < -0.39 is 0 Å². The smallest absolute Gasteiger partial charge is 0.0140 e. The summed E-state index contributed by atoms with van der Waals surface area (Å²) < 4.78 is 0. The van der Waals surface area contributed by atoms with Crippen LogP contribution in [0.5, 0.6) is 0 Å².